The summed E-state index contributed by atoms with van der Waals surface area (Å²) in [6.45, 7) is 3.98. The molecule has 206 valence electrons. The average Bonchev–Trinajstić information content (AvgIpc) is 3.30. The SMILES string of the molecule is Cc1cc(C=Nn2c(-c3ccccc3)nc3ccccc3c2=O)c(C)n1-c1ccc(Oc2ccc([N+](=O)[O-])cn2)cc1. The lowest BCUT2D eigenvalue weighted by atomic mass is 10.2. The highest BCUT2D eigenvalue weighted by Gasteiger charge is 2.14. The van der Waals surface area contributed by atoms with Gasteiger partial charge in [0.1, 0.15) is 11.9 Å². The Balaban J connectivity index is 1.31. The summed E-state index contributed by atoms with van der Waals surface area (Å²) in [5.41, 5.74) is 4.72. The third-order valence-electron chi connectivity index (χ3n) is 6.82. The van der Waals surface area contributed by atoms with E-state index in [2.05, 4.69) is 14.7 Å². The summed E-state index contributed by atoms with van der Waals surface area (Å²) in [6, 6.07) is 29.0. The molecule has 42 heavy (non-hydrogen) atoms. The van der Waals surface area contributed by atoms with Gasteiger partial charge in [0, 0.05) is 40.3 Å². The van der Waals surface area contributed by atoms with E-state index in [9.17, 15) is 14.9 Å². The number of aromatic nitrogens is 4. The van der Waals surface area contributed by atoms with Gasteiger partial charge in [0.05, 0.1) is 22.0 Å². The van der Waals surface area contributed by atoms with Crippen molar-refractivity contribution in [2.75, 3.05) is 0 Å². The molecule has 3 heterocycles. The fourth-order valence-corrected chi connectivity index (χ4v) is 4.77. The third-order valence-corrected chi connectivity index (χ3v) is 6.82. The van der Waals surface area contributed by atoms with Gasteiger partial charge in [0.25, 0.3) is 11.2 Å². The molecule has 0 saturated heterocycles. The van der Waals surface area contributed by atoms with E-state index in [0.29, 0.717) is 22.5 Å². The summed E-state index contributed by atoms with van der Waals surface area (Å²) in [7, 11) is 0. The molecular formula is C32H24N6O4. The number of hydrogen-bond acceptors (Lipinski definition) is 7. The fraction of sp³-hybridized carbons (Fsp3) is 0.0625. The molecule has 10 nitrogen and oxygen atoms in total. The number of benzene rings is 3. The van der Waals surface area contributed by atoms with Crippen LogP contribution in [0.15, 0.2) is 113 Å². The summed E-state index contributed by atoms with van der Waals surface area (Å²) in [5, 5.41) is 16.0. The second-order valence-corrected chi connectivity index (χ2v) is 9.55. The van der Waals surface area contributed by atoms with Crippen LogP contribution in [-0.2, 0) is 0 Å². The molecule has 3 aromatic heterocycles. The smallest absolute Gasteiger partial charge is 0.287 e. The molecule has 0 N–H and O–H groups in total. The van der Waals surface area contributed by atoms with Crippen LogP contribution in [0.2, 0.25) is 0 Å². The largest absolute Gasteiger partial charge is 0.439 e. The van der Waals surface area contributed by atoms with Crippen molar-refractivity contribution < 1.29 is 9.66 Å². The first-order chi connectivity index (χ1) is 20.4. The van der Waals surface area contributed by atoms with Gasteiger partial charge in [-0.3, -0.25) is 14.9 Å². The molecule has 0 unspecified atom stereocenters. The molecule has 0 atom stereocenters. The first-order valence-electron chi connectivity index (χ1n) is 13.1. The first-order valence-corrected chi connectivity index (χ1v) is 13.1. The highest BCUT2D eigenvalue weighted by molar-refractivity contribution is 5.83. The molecule has 0 fully saturated rings. The van der Waals surface area contributed by atoms with Gasteiger partial charge in [-0.25, -0.2) is 9.97 Å². The predicted molar refractivity (Wildman–Crippen MR) is 161 cm³/mol. The van der Waals surface area contributed by atoms with Crippen molar-refractivity contribution in [3.8, 4) is 28.7 Å². The Bertz CT molecular complexity index is 2010. The second kappa shape index (κ2) is 10.9. The standard InChI is InChI=1S/C32H24N6O4/c1-21-18-24(19-34-37-31(23-8-4-3-5-9-23)35-29-11-7-6-10-28(29)32(37)39)22(2)36(21)25-12-15-27(16-13-25)42-30-17-14-26(20-33-30)38(40)41/h3-20H,1-2H3. The van der Waals surface area contributed by atoms with Crippen LogP contribution >= 0.6 is 0 Å². The van der Waals surface area contributed by atoms with Gasteiger partial charge in [-0.05, 0) is 56.3 Å². The summed E-state index contributed by atoms with van der Waals surface area (Å²) in [6.07, 6.45) is 2.84. The van der Waals surface area contributed by atoms with Crippen LogP contribution in [0, 0.1) is 24.0 Å². The van der Waals surface area contributed by atoms with Crippen molar-refractivity contribution >= 4 is 22.8 Å². The van der Waals surface area contributed by atoms with E-state index in [1.54, 1.807) is 24.4 Å². The number of aryl methyl sites for hydroxylation is 1. The van der Waals surface area contributed by atoms with Crippen molar-refractivity contribution in [3.05, 3.63) is 141 Å². The monoisotopic (exact) mass is 556 g/mol. The molecule has 0 aliphatic heterocycles. The number of nitro groups is 1. The number of fused-ring (bicyclic) bond motifs is 1. The lowest BCUT2D eigenvalue weighted by Crippen LogP contribution is -2.20. The lowest BCUT2D eigenvalue weighted by molar-refractivity contribution is -0.385. The Morgan fingerprint density at radius 1 is 0.929 bits per heavy atom. The zero-order chi connectivity index (χ0) is 29.2. The van der Waals surface area contributed by atoms with Crippen molar-refractivity contribution in [1.82, 2.24) is 19.2 Å². The summed E-state index contributed by atoms with van der Waals surface area (Å²) in [4.78, 5) is 32.6. The van der Waals surface area contributed by atoms with Crippen LogP contribution in [0.5, 0.6) is 11.6 Å². The summed E-state index contributed by atoms with van der Waals surface area (Å²) >= 11 is 0. The van der Waals surface area contributed by atoms with Gasteiger partial charge in [-0.2, -0.15) is 9.78 Å². The summed E-state index contributed by atoms with van der Waals surface area (Å²) in [5.74, 6) is 1.26. The minimum atomic E-state index is -0.508. The molecule has 6 rings (SSSR count). The van der Waals surface area contributed by atoms with Crippen LogP contribution in [0.4, 0.5) is 5.69 Å². The molecule has 6 aromatic rings. The Labute approximate surface area is 240 Å². The topological polar surface area (TPSA) is 117 Å². The van der Waals surface area contributed by atoms with E-state index in [0.717, 1.165) is 34.4 Å². The Morgan fingerprint density at radius 2 is 1.67 bits per heavy atom. The van der Waals surface area contributed by atoms with Crippen LogP contribution in [0.1, 0.15) is 17.0 Å². The maximum atomic E-state index is 13.5. The second-order valence-electron chi connectivity index (χ2n) is 9.55. The van der Waals surface area contributed by atoms with E-state index in [-0.39, 0.29) is 17.1 Å². The van der Waals surface area contributed by atoms with Crippen LogP contribution < -0.4 is 10.3 Å². The van der Waals surface area contributed by atoms with E-state index in [1.807, 2.05) is 80.6 Å². The van der Waals surface area contributed by atoms with E-state index in [1.165, 1.54) is 16.8 Å². The Hall–Kier alpha value is -5.90. The van der Waals surface area contributed by atoms with Gasteiger partial charge in [0.15, 0.2) is 5.82 Å². The molecule has 10 heteroatoms. The van der Waals surface area contributed by atoms with Gasteiger partial charge in [-0.1, -0.05) is 42.5 Å². The third kappa shape index (κ3) is 5.04. The Kier molecular flexibility index (Phi) is 6.85. The van der Waals surface area contributed by atoms with Gasteiger partial charge >= 0.3 is 0 Å². The highest BCUT2D eigenvalue weighted by atomic mass is 16.6. The van der Waals surface area contributed by atoms with Crippen LogP contribution in [0.3, 0.4) is 0 Å². The molecule has 0 saturated carbocycles. The first kappa shape index (κ1) is 26.3. The van der Waals surface area contributed by atoms with Crippen molar-refractivity contribution in [2.24, 2.45) is 5.10 Å². The number of para-hydroxylation sites is 1. The van der Waals surface area contributed by atoms with Gasteiger partial charge < -0.3 is 9.30 Å². The number of rotatable bonds is 7. The van der Waals surface area contributed by atoms with Crippen molar-refractivity contribution in [1.29, 1.82) is 0 Å². The predicted octanol–water partition coefficient (Wildman–Crippen LogP) is 6.45. The molecule has 0 radical (unpaired) electrons. The van der Waals surface area contributed by atoms with Crippen molar-refractivity contribution in [3.63, 3.8) is 0 Å². The molecule has 0 aliphatic carbocycles. The van der Waals surface area contributed by atoms with Gasteiger partial charge in [-0.15, -0.1) is 0 Å². The quantitative estimate of drug-likeness (QED) is 0.127. The van der Waals surface area contributed by atoms with Crippen LogP contribution in [0.25, 0.3) is 28.0 Å². The maximum Gasteiger partial charge on any atom is 0.287 e. The minimum absolute atomic E-state index is 0.103. The number of hydrogen-bond donors (Lipinski definition) is 0. The number of pyridine rings is 1. The molecule has 3 aromatic carbocycles. The molecule has 0 amide bonds. The molecule has 0 spiro atoms. The summed E-state index contributed by atoms with van der Waals surface area (Å²) < 4.78 is 9.17. The molecule has 0 bridgehead atoms. The fourth-order valence-electron chi connectivity index (χ4n) is 4.77. The van der Waals surface area contributed by atoms with E-state index >= 15 is 0 Å². The Morgan fingerprint density at radius 3 is 2.38 bits per heavy atom. The van der Waals surface area contributed by atoms with Crippen molar-refractivity contribution in [2.45, 2.75) is 13.8 Å². The van der Waals surface area contributed by atoms with Gasteiger partial charge in [0.2, 0.25) is 5.88 Å². The maximum absolute atomic E-state index is 13.5. The zero-order valence-electron chi connectivity index (χ0n) is 22.7. The number of ether oxygens (including phenoxy) is 1. The number of nitrogens with zero attached hydrogens (tertiary/aromatic N) is 6. The molecule has 0 aliphatic rings. The lowest BCUT2D eigenvalue weighted by Gasteiger charge is -2.11. The zero-order valence-corrected chi connectivity index (χ0v) is 22.7. The van der Waals surface area contributed by atoms with Crippen LogP contribution in [-0.4, -0.2) is 30.3 Å². The molecular weight excluding hydrogens is 532 g/mol. The van der Waals surface area contributed by atoms with E-state index < -0.39 is 4.92 Å². The average molecular weight is 557 g/mol. The highest BCUT2D eigenvalue weighted by Crippen LogP contribution is 2.26. The minimum Gasteiger partial charge on any atom is -0.439 e. The van der Waals surface area contributed by atoms with E-state index in [4.69, 9.17) is 9.72 Å². The normalized spacial score (nSPS) is 11.3.